The van der Waals surface area contributed by atoms with Gasteiger partial charge in [0.25, 0.3) is 0 Å². The summed E-state index contributed by atoms with van der Waals surface area (Å²) < 4.78 is 0. The Hall–Kier alpha value is 0.640. The zero-order valence-corrected chi connectivity index (χ0v) is 15.0. The first-order valence-corrected chi connectivity index (χ1v) is 6.90. The molecule has 0 heterocycles. The molecule has 0 aromatic heterocycles. The van der Waals surface area contributed by atoms with Gasteiger partial charge in [-0.25, -0.2) is 24.3 Å². The first-order valence-electron chi connectivity index (χ1n) is 4.59. The van der Waals surface area contributed by atoms with Gasteiger partial charge in [-0.3, -0.25) is 12.2 Å². The van der Waals surface area contributed by atoms with E-state index in [1.54, 1.807) is 0 Å². The third-order valence-electron chi connectivity index (χ3n) is 1.17. The standard InChI is InChI=1S/2C5H5.C2H7Si.2ClH.Zr/c2*1-2-4-5-3-1;1-3-2;;;/h2*1-3H,4H2;3H,1-2H3;2*1H;/q2*-1;;;;+2. The van der Waals surface area contributed by atoms with Crippen LogP contribution in [0.2, 0.25) is 13.1 Å². The van der Waals surface area contributed by atoms with Crippen molar-refractivity contribution in [2.75, 3.05) is 0 Å². The molecule has 89 valence electrons. The maximum atomic E-state index is 2.99. The van der Waals surface area contributed by atoms with Crippen molar-refractivity contribution in [1.82, 2.24) is 0 Å². The van der Waals surface area contributed by atoms with Gasteiger partial charge in [-0.05, 0) is 0 Å². The van der Waals surface area contributed by atoms with E-state index in [4.69, 9.17) is 0 Å². The molecule has 0 aliphatic heterocycles. The van der Waals surface area contributed by atoms with Crippen molar-refractivity contribution in [3.8, 4) is 0 Å². The molecule has 0 spiro atoms. The van der Waals surface area contributed by atoms with Crippen LogP contribution in [0.1, 0.15) is 12.8 Å². The fourth-order valence-electron chi connectivity index (χ4n) is 0.680. The van der Waals surface area contributed by atoms with E-state index < -0.39 is 0 Å². The van der Waals surface area contributed by atoms with Crippen molar-refractivity contribution in [1.29, 1.82) is 0 Å². The molecule has 0 aromatic rings. The Morgan fingerprint density at radius 3 is 1.25 bits per heavy atom. The van der Waals surface area contributed by atoms with Crippen LogP contribution in [0.25, 0.3) is 0 Å². The van der Waals surface area contributed by atoms with Crippen LogP contribution >= 0.6 is 24.8 Å². The molecule has 1 radical (unpaired) electrons. The van der Waals surface area contributed by atoms with Crippen LogP contribution in [0.5, 0.6) is 0 Å². The second-order valence-corrected chi connectivity index (χ2v) is 3.74. The van der Waals surface area contributed by atoms with Crippen molar-refractivity contribution >= 4 is 34.3 Å². The number of hydrogen-bond donors (Lipinski definition) is 0. The minimum atomic E-state index is 0. The fraction of sp³-hybridized carbons (Fsp3) is 0.333. The maximum absolute atomic E-state index is 2.99. The fourth-order valence-corrected chi connectivity index (χ4v) is 0.680. The number of halogens is 2. The summed E-state index contributed by atoms with van der Waals surface area (Å²) in [5, 5.41) is 0. The minimum absolute atomic E-state index is 0. The third kappa shape index (κ3) is 24.1. The molecule has 16 heavy (non-hydrogen) atoms. The first kappa shape index (κ1) is 25.5. The maximum Gasteiger partial charge on any atom is 2.00 e. The van der Waals surface area contributed by atoms with Crippen LogP contribution in [0.15, 0.2) is 36.5 Å². The van der Waals surface area contributed by atoms with E-state index in [9.17, 15) is 0 Å². The Morgan fingerprint density at radius 2 is 1.19 bits per heavy atom. The molecule has 0 N–H and O–H groups in total. The largest absolute Gasteiger partial charge is 2.00 e. The summed E-state index contributed by atoms with van der Waals surface area (Å²) in [6.07, 6.45) is 20.0. The van der Waals surface area contributed by atoms with Gasteiger partial charge >= 0.3 is 26.2 Å². The SMILES string of the molecule is C[SiH]C.Cl.Cl.[C-]1=CC=CC1.[C-]1=CC=CC1.[Zr+2]. The van der Waals surface area contributed by atoms with Gasteiger partial charge in [0, 0.05) is 9.52 Å². The van der Waals surface area contributed by atoms with Gasteiger partial charge in [-0.2, -0.15) is 12.2 Å². The van der Waals surface area contributed by atoms with Gasteiger partial charge in [0.2, 0.25) is 0 Å². The van der Waals surface area contributed by atoms with Crippen molar-refractivity contribution < 1.29 is 26.2 Å². The zero-order valence-electron chi connectivity index (χ0n) is 9.77. The second kappa shape index (κ2) is 24.7. The Morgan fingerprint density at radius 1 is 0.875 bits per heavy atom. The molecular formula is C12H19Cl2SiZr. The van der Waals surface area contributed by atoms with E-state index >= 15 is 0 Å². The molecule has 0 nitrogen and oxygen atoms in total. The Kier molecular flexibility index (Phi) is 39.4. The molecule has 0 amide bonds. The normalized spacial score (nSPS) is 12.1. The Labute approximate surface area is 134 Å². The van der Waals surface area contributed by atoms with E-state index in [1.807, 2.05) is 24.3 Å². The molecule has 0 saturated heterocycles. The molecule has 0 bridgehead atoms. The van der Waals surface area contributed by atoms with Crippen molar-refractivity contribution in [3.05, 3.63) is 48.6 Å². The summed E-state index contributed by atoms with van der Waals surface area (Å²) in [5.41, 5.74) is 0. The number of allylic oxidation sites excluding steroid dienone is 8. The van der Waals surface area contributed by atoms with Gasteiger partial charge in [0.15, 0.2) is 0 Å². The van der Waals surface area contributed by atoms with E-state index in [-0.39, 0.29) is 51.0 Å². The molecule has 2 rings (SSSR count). The number of rotatable bonds is 0. The van der Waals surface area contributed by atoms with Gasteiger partial charge in [0.1, 0.15) is 0 Å². The summed E-state index contributed by atoms with van der Waals surface area (Å²) in [7, 11) is 0.750. The average Bonchev–Trinajstić information content (AvgIpc) is 2.85. The van der Waals surface area contributed by atoms with Crippen LogP contribution in [-0.4, -0.2) is 9.52 Å². The van der Waals surface area contributed by atoms with Gasteiger partial charge in [-0.1, -0.05) is 13.1 Å². The molecule has 0 fully saturated rings. The van der Waals surface area contributed by atoms with Crippen LogP contribution in [0, 0.1) is 12.2 Å². The van der Waals surface area contributed by atoms with Crippen molar-refractivity contribution in [2.45, 2.75) is 25.9 Å². The van der Waals surface area contributed by atoms with Crippen LogP contribution in [0.4, 0.5) is 0 Å². The summed E-state index contributed by atoms with van der Waals surface area (Å²) in [5.74, 6) is 0. The Bertz CT molecular complexity index is 169. The second-order valence-electron chi connectivity index (χ2n) is 2.58. The molecule has 0 atom stereocenters. The number of hydrogen-bond acceptors (Lipinski definition) is 0. The topological polar surface area (TPSA) is 0 Å². The van der Waals surface area contributed by atoms with E-state index in [0.29, 0.717) is 0 Å². The monoisotopic (exact) mass is 351 g/mol. The summed E-state index contributed by atoms with van der Waals surface area (Å²) in [6.45, 7) is 4.42. The minimum Gasteiger partial charge on any atom is -0.273 e. The molecule has 2 aliphatic carbocycles. The molecule has 0 unspecified atom stereocenters. The average molecular weight is 354 g/mol. The molecule has 0 saturated carbocycles. The molecule has 2 aliphatic rings. The smallest absolute Gasteiger partial charge is 0.273 e. The summed E-state index contributed by atoms with van der Waals surface area (Å²) >= 11 is 0. The predicted octanol–water partition coefficient (Wildman–Crippen LogP) is 3.97. The van der Waals surface area contributed by atoms with Gasteiger partial charge in [-0.15, -0.1) is 37.7 Å². The predicted molar refractivity (Wildman–Crippen MR) is 76.5 cm³/mol. The molecular weight excluding hydrogens is 334 g/mol. The molecule has 0 aromatic carbocycles. The van der Waals surface area contributed by atoms with E-state index in [0.717, 1.165) is 22.4 Å². The van der Waals surface area contributed by atoms with Crippen molar-refractivity contribution in [2.24, 2.45) is 0 Å². The first-order chi connectivity index (χ1) is 6.41. The zero-order chi connectivity index (χ0) is 9.78. The summed E-state index contributed by atoms with van der Waals surface area (Å²) in [6, 6.07) is 0. The van der Waals surface area contributed by atoms with E-state index in [2.05, 4.69) is 37.4 Å². The van der Waals surface area contributed by atoms with Gasteiger partial charge < -0.3 is 0 Å². The van der Waals surface area contributed by atoms with Crippen LogP contribution in [0.3, 0.4) is 0 Å². The van der Waals surface area contributed by atoms with Crippen molar-refractivity contribution in [3.63, 3.8) is 0 Å². The summed E-state index contributed by atoms with van der Waals surface area (Å²) in [4.78, 5) is 0. The third-order valence-corrected chi connectivity index (χ3v) is 1.17. The van der Waals surface area contributed by atoms with Crippen LogP contribution < -0.4 is 0 Å². The Balaban J connectivity index is -0.0000000638. The quantitative estimate of drug-likeness (QED) is 0.457. The molecule has 4 heteroatoms. The van der Waals surface area contributed by atoms with Crippen LogP contribution in [-0.2, 0) is 26.2 Å². The van der Waals surface area contributed by atoms with E-state index in [1.165, 1.54) is 0 Å². The van der Waals surface area contributed by atoms with Gasteiger partial charge in [0.05, 0.1) is 0 Å².